The molecule has 0 saturated carbocycles. The molecular weight excluding hydrogens is 440 g/mol. The Labute approximate surface area is 221 Å². The molecule has 3 heteroatoms. The summed E-state index contributed by atoms with van der Waals surface area (Å²) in [4.78, 5) is 16.7. The number of rotatable bonds is 8. The second kappa shape index (κ2) is 11.1. The zero-order valence-electron chi connectivity index (χ0n) is 24.7. The van der Waals surface area contributed by atoms with Crippen LogP contribution in [0.5, 0.6) is 0 Å². The minimum atomic E-state index is -0.160. The highest BCUT2D eigenvalue weighted by molar-refractivity contribution is 6.13. The van der Waals surface area contributed by atoms with Gasteiger partial charge in [-0.2, -0.15) is 0 Å². The number of nitrogens with zero attached hydrogens (tertiary/aromatic N) is 1. The first-order valence-corrected chi connectivity index (χ1v) is 14.1. The van der Waals surface area contributed by atoms with E-state index in [0.29, 0.717) is 6.04 Å². The monoisotopic (exact) mass is 490 g/mol. The van der Waals surface area contributed by atoms with Crippen molar-refractivity contribution in [1.29, 1.82) is 0 Å². The highest BCUT2D eigenvalue weighted by atomic mass is 16.1. The van der Waals surface area contributed by atoms with Gasteiger partial charge in [0.05, 0.1) is 0 Å². The highest BCUT2D eigenvalue weighted by Crippen LogP contribution is 2.51. The predicted molar refractivity (Wildman–Crippen MR) is 156 cm³/mol. The standard InChI is InChI=1S/C33H50N2O/c1-12-14-21(4)34-19-27-18-29(35(10)11)28-17-26(13-2)31(32(36)30(28)23(27)6)25(8)33(9)16-15-20(3)22(5)24(33)7/h18,21,26,34H,7,12-17,19H2,1-6,8-11H3/b31-25+/t21?,26?,33-/m0/s1. The van der Waals surface area contributed by atoms with E-state index in [1.54, 1.807) is 0 Å². The van der Waals surface area contributed by atoms with E-state index in [1.165, 1.54) is 45.5 Å². The highest BCUT2D eigenvalue weighted by Gasteiger charge is 2.41. The maximum atomic E-state index is 14.5. The fourth-order valence-corrected chi connectivity index (χ4v) is 6.44. The molecule has 0 saturated heterocycles. The Hall–Kier alpha value is -2.13. The topological polar surface area (TPSA) is 32.3 Å². The number of allylic oxidation sites excluding steroid dienone is 5. The van der Waals surface area contributed by atoms with Gasteiger partial charge in [0.15, 0.2) is 5.78 Å². The Morgan fingerprint density at radius 3 is 2.50 bits per heavy atom. The van der Waals surface area contributed by atoms with Gasteiger partial charge < -0.3 is 10.2 Å². The first-order valence-electron chi connectivity index (χ1n) is 14.1. The van der Waals surface area contributed by atoms with Crippen LogP contribution in [0.15, 0.2) is 40.5 Å². The minimum absolute atomic E-state index is 0.160. The molecule has 2 aliphatic carbocycles. The normalized spacial score (nSPS) is 24.7. The van der Waals surface area contributed by atoms with Crippen LogP contribution in [0.4, 0.5) is 5.69 Å². The lowest BCUT2D eigenvalue weighted by atomic mass is 9.62. The van der Waals surface area contributed by atoms with Crippen molar-refractivity contribution in [2.45, 2.75) is 107 Å². The third-order valence-corrected chi connectivity index (χ3v) is 9.44. The van der Waals surface area contributed by atoms with Gasteiger partial charge in [0.2, 0.25) is 0 Å². The molecule has 0 aromatic heterocycles. The van der Waals surface area contributed by atoms with Crippen molar-refractivity contribution in [3.63, 3.8) is 0 Å². The first-order chi connectivity index (χ1) is 16.9. The first kappa shape index (κ1) is 28.4. The number of anilines is 1. The van der Waals surface area contributed by atoms with Gasteiger partial charge in [0.25, 0.3) is 0 Å². The lowest BCUT2D eigenvalue weighted by Crippen LogP contribution is -2.33. The number of hydrogen-bond donors (Lipinski definition) is 1. The Balaban J connectivity index is 2.17. The van der Waals surface area contributed by atoms with Crippen molar-refractivity contribution < 1.29 is 4.79 Å². The summed E-state index contributed by atoms with van der Waals surface area (Å²) in [6.45, 7) is 23.2. The Bertz CT molecular complexity index is 1100. The number of Topliss-reactive ketones (excluding diaryl/α,β-unsaturated/α-hetero) is 1. The van der Waals surface area contributed by atoms with Crippen molar-refractivity contribution >= 4 is 11.5 Å². The molecule has 1 aromatic carbocycles. The van der Waals surface area contributed by atoms with Crippen LogP contribution in [0.3, 0.4) is 0 Å². The molecule has 0 amide bonds. The minimum Gasteiger partial charge on any atom is -0.377 e. The summed E-state index contributed by atoms with van der Waals surface area (Å²) in [7, 11) is 4.21. The molecular formula is C33H50N2O. The zero-order valence-corrected chi connectivity index (χ0v) is 24.7. The van der Waals surface area contributed by atoms with Crippen molar-refractivity contribution in [3.8, 4) is 0 Å². The summed E-state index contributed by atoms with van der Waals surface area (Å²) < 4.78 is 0. The van der Waals surface area contributed by atoms with E-state index >= 15 is 0 Å². The van der Waals surface area contributed by atoms with Crippen LogP contribution in [0, 0.1) is 18.3 Å². The lowest BCUT2D eigenvalue weighted by molar-refractivity contribution is 0.100. The van der Waals surface area contributed by atoms with E-state index in [0.717, 1.165) is 55.3 Å². The number of fused-ring (bicyclic) bond motifs is 1. The molecule has 1 aromatic rings. The molecule has 3 nitrogen and oxygen atoms in total. The molecule has 0 bridgehead atoms. The fraction of sp³-hybridized carbons (Fsp3) is 0.606. The largest absolute Gasteiger partial charge is 0.377 e. The molecule has 0 heterocycles. The molecule has 3 rings (SSSR count). The van der Waals surface area contributed by atoms with Gasteiger partial charge in [-0.05, 0) is 107 Å². The van der Waals surface area contributed by atoms with Gasteiger partial charge in [-0.3, -0.25) is 4.79 Å². The zero-order chi connectivity index (χ0) is 26.9. The summed E-state index contributed by atoms with van der Waals surface area (Å²) >= 11 is 0. The molecule has 0 fully saturated rings. The number of nitrogens with one attached hydrogen (secondary N) is 1. The molecule has 3 atom stereocenters. The molecule has 0 aliphatic heterocycles. The number of benzene rings is 1. The van der Waals surface area contributed by atoms with Gasteiger partial charge >= 0.3 is 0 Å². The van der Waals surface area contributed by atoms with Crippen LogP contribution in [0.25, 0.3) is 0 Å². The summed E-state index contributed by atoms with van der Waals surface area (Å²) in [6, 6.07) is 2.78. The van der Waals surface area contributed by atoms with Crippen LogP contribution in [0.1, 0.15) is 108 Å². The van der Waals surface area contributed by atoms with Crippen LogP contribution >= 0.6 is 0 Å². The van der Waals surface area contributed by atoms with Gasteiger partial charge in [0.1, 0.15) is 0 Å². The van der Waals surface area contributed by atoms with Crippen molar-refractivity contribution in [2.75, 3.05) is 19.0 Å². The Morgan fingerprint density at radius 2 is 1.92 bits per heavy atom. The molecule has 2 unspecified atom stereocenters. The van der Waals surface area contributed by atoms with Crippen LogP contribution < -0.4 is 10.2 Å². The fourth-order valence-electron chi connectivity index (χ4n) is 6.44. The molecule has 1 N–H and O–H groups in total. The van der Waals surface area contributed by atoms with Crippen molar-refractivity contribution in [2.24, 2.45) is 11.3 Å². The average molecular weight is 491 g/mol. The average Bonchev–Trinajstić information content (AvgIpc) is 2.83. The van der Waals surface area contributed by atoms with E-state index in [1.807, 2.05) is 0 Å². The Morgan fingerprint density at radius 1 is 1.25 bits per heavy atom. The number of hydrogen-bond acceptors (Lipinski definition) is 3. The van der Waals surface area contributed by atoms with E-state index in [9.17, 15) is 4.79 Å². The molecule has 2 aliphatic rings. The number of carbonyl (C=O) groups excluding carboxylic acids is 1. The van der Waals surface area contributed by atoms with Gasteiger partial charge in [-0.15, -0.1) is 0 Å². The van der Waals surface area contributed by atoms with Crippen molar-refractivity contribution in [3.05, 3.63) is 62.8 Å². The van der Waals surface area contributed by atoms with E-state index < -0.39 is 0 Å². The smallest absolute Gasteiger partial charge is 0.189 e. The molecule has 0 spiro atoms. The maximum absolute atomic E-state index is 14.5. The molecule has 0 radical (unpaired) electrons. The van der Waals surface area contributed by atoms with E-state index in [-0.39, 0.29) is 17.1 Å². The summed E-state index contributed by atoms with van der Waals surface area (Å²) in [5.74, 6) is 0.496. The number of carbonyl (C=O) groups is 1. The molecule has 198 valence electrons. The maximum Gasteiger partial charge on any atom is 0.189 e. The SMILES string of the molecule is C=C1C(C)=C(C)CC[C@]1(C)/C(C)=C1/C(=O)c2c(C)c(CNC(C)CCC)cc(N(C)C)c2CC1CC. The quantitative estimate of drug-likeness (QED) is 0.373. The van der Waals surface area contributed by atoms with Crippen LogP contribution in [0.2, 0.25) is 0 Å². The second-order valence-corrected chi connectivity index (χ2v) is 11.9. The number of ketones is 1. The Kier molecular flexibility index (Phi) is 8.76. The van der Waals surface area contributed by atoms with E-state index in [4.69, 9.17) is 0 Å². The lowest BCUT2D eigenvalue weighted by Gasteiger charge is -2.42. The summed E-state index contributed by atoms with van der Waals surface area (Å²) in [5.41, 5.74) is 11.9. The predicted octanol–water partition coefficient (Wildman–Crippen LogP) is 8.11. The van der Waals surface area contributed by atoms with Crippen molar-refractivity contribution in [1.82, 2.24) is 5.32 Å². The summed E-state index contributed by atoms with van der Waals surface area (Å²) in [5, 5.41) is 3.70. The van der Waals surface area contributed by atoms with Crippen LogP contribution in [-0.4, -0.2) is 25.9 Å². The van der Waals surface area contributed by atoms with Gasteiger partial charge in [-0.1, -0.05) is 44.9 Å². The third-order valence-electron chi connectivity index (χ3n) is 9.44. The van der Waals surface area contributed by atoms with E-state index in [2.05, 4.69) is 92.3 Å². The van der Waals surface area contributed by atoms with Crippen LogP contribution in [-0.2, 0) is 13.0 Å². The summed E-state index contributed by atoms with van der Waals surface area (Å²) in [6.07, 6.45) is 6.32. The van der Waals surface area contributed by atoms with Gasteiger partial charge in [-0.25, -0.2) is 0 Å². The molecule has 36 heavy (non-hydrogen) atoms. The second-order valence-electron chi connectivity index (χ2n) is 11.9. The van der Waals surface area contributed by atoms with Gasteiger partial charge in [0, 0.05) is 48.9 Å². The third kappa shape index (κ3) is 5.01.